The van der Waals surface area contributed by atoms with Crippen LogP contribution in [0.15, 0.2) is 36.4 Å². The van der Waals surface area contributed by atoms with E-state index >= 15 is 0 Å². The van der Waals surface area contributed by atoms with E-state index in [1.54, 1.807) is 31.2 Å². The van der Waals surface area contributed by atoms with Crippen molar-refractivity contribution in [2.75, 3.05) is 5.32 Å². The second-order valence-electron chi connectivity index (χ2n) is 5.49. The number of hydrogen-bond acceptors (Lipinski definition) is 3. The highest BCUT2D eigenvalue weighted by atomic mass is 16.5. The number of esters is 1. The van der Waals surface area contributed by atoms with Gasteiger partial charge in [0.25, 0.3) is 0 Å². The monoisotopic (exact) mass is 287 g/mol. The van der Waals surface area contributed by atoms with Crippen LogP contribution in [0.4, 0.5) is 5.69 Å². The SMILES string of the molecule is C=C(C)C(=O)Oc1ccccc1NC(=O)C1CCCCC1. The van der Waals surface area contributed by atoms with Crippen LogP contribution >= 0.6 is 0 Å². The van der Waals surface area contributed by atoms with Crippen molar-refractivity contribution >= 4 is 17.6 Å². The molecular weight excluding hydrogens is 266 g/mol. The van der Waals surface area contributed by atoms with Crippen molar-refractivity contribution in [1.82, 2.24) is 0 Å². The van der Waals surface area contributed by atoms with Gasteiger partial charge in [-0.1, -0.05) is 38.0 Å². The summed E-state index contributed by atoms with van der Waals surface area (Å²) in [5.74, 6) is -0.0683. The molecule has 1 aromatic rings. The maximum absolute atomic E-state index is 12.3. The van der Waals surface area contributed by atoms with Crippen molar-refractivity contribution in [3.63, 3.8) is 0 Å². The Morgan fingerprint density at radius 3 is 2.52 bits per heavy atom. The molecule has 0 radical (unpaired) electrons. The lowest BCUT2D eigenvalue weighted by molar-refractivity contribution is -0.130. The Morgan fingerprint density at radius 2 is 1.86 bits per heavy atom. The average molecular weight is 287 g/mol. The first-order chi connectivity index (χ1) is 10.1. The summed E-state index contributed by atoms with van der Waals surface area (Å²) >= 11 is 0. The fraction of sp³-hybridized carbons (Fsp3) is 0.412. The Morgan fingerprint density at radius 1 is 1.19 bits per heavy atom. The minimum Gasteiger partial charge on any atom is -0.421 e. The second kappa shape index (κ2) is 7.07. The molecule has 4 heteroatoms. The number of nitrogens with one attached hydrogen (secondary N) is 1. The molecule has 1 saturated carbocycles. The zero-order chi connectivity index (χ0) is 15.2. The molecule has 21 heavy (non-hydrogen) atoms. The molecule has 0 aromatic heterocycles. The molecule has 0 atom stereocenters. The summed E-state index contributed by atoms with van der Waals surface area (Å²) in [7, 11) is 0. The number of amides is 1. The molecule has 0 unspecified atom stereocenters. The Labute approximate surface area is 125 Å². The van der Waals surface area contributed by atoms with Gasteiger partial charge in [0.2, 0.25) is 5.91 Å². The molecule has 1 aromatic carbocycles. The highest BCUT2D eigenvalue weighted by Gasteiger charge is 2.22. The van der Waals surface area contributed by atoms with Gasteiger partial charge in [-0.15, -0.1) is 0 Å². The van der Waals surface area contributed by atoms with Crippen LogP contribution in [0.5, 0.6) is 5.75 Å². The fourth-order valence-corrected chi connectivity index (χ4v) is 2.45. The predicted octanol–water partition coefficient (Wildman–Crippen LogP) is 3.69. The smallest absolute Gasteiger partial charge is 0.338 e. The lowest BCUT2D eigenvalue weighted by atomic mass is 9.88. The van der Waals surface area contributed by atoms with Gasteiger partial charge in [0.15, 0.2) is 5.75 Å². The van der Waals surface area contributed by atoms with Crippen molar-refractivity contribution in [2.24, 2.45) is 5.92 Å². The van der Waals surface area contributed by atoms with Gasteiger partial charge < -0.3 is 10.1 Å². The Bertz CT molecular complexity index is 545. The van der Waals surface area contributed by atoms with E-state index in [2.05, 4.69) is 11.9 Å². The molecule has 4 nitrogen and oxygen atoms in total. The van der Waals surface area contributed by atoms with Crippen molar-refractivity contribution in [3.05, 3.63) is 36.4 Å². The number of carbonyl (C=O) groups is 2. The van der Waals surface area contributed by atoms with Gasteiger partial charge in [0.1, 0.15) is 0 Å². The molecule has 1 amide bonds. The normalized spacial score (nSPS) is 15.3. The van der Waals surface area contributed by atoms with Crippen LogP contribution < -0.4 is 10.1 Å². The molecule has 1 N–H and O–H groups in total. The Kier molecular flexibility index (Phi) is 5.14. The highest BCUT2D eigenvalue weighted by molar-refractivity contribution is 5.95. The van der Waals surface area contributed by atoms with Gasteiger partial charge >= 0.3 is 5.97 Å². The van der Waals surface area contributed by atoms with Crippen molar-refractivity contribution in [2.45, 2.75) is 39.0 Å². The summed E-state index contributed by atoms with van der Waals surface area (Å²) in [5.41, 5.74) is 0.853. The van der Waals surface area contributed by atoms with Crippen LogP contribution in [-0.4, -0.2) is 11.9 Å². The van der Waals surface area contributed by atoms with Gasteiger partial charge in [-0.25, -0.2) is 4.79 Å². The van der Waals surface area contributed by atoms with Crippen LogP contribution in [0.3, 0.4) is 0 Å². The van der Waals surface area contributed by atoms with Crippen LogP contribution in [0.1, 0.15) is 39.0 Å². The summed E-state index contributed by atoms with van der Waals surface area (Å²) in [6, 6.07) is 6.96. The first-order valence-electron chi connectivity index (χ1n) is 7.35. The minimum atomic E-state index is -0.491. The number of anilines is 1. The molecule has 112 valence electrons. The van der Waals surface area contributed by atoms with Crippen LogP contribution in [-0.2, 0) is 9.59 Å². The maximum atomic E-state index is 12.3. The third-order valence-corrected chi connectivity index (χ3v) is 3.67. The third-order valence-electron chi connectivity index (χ3n) is 3.67. The summed E-state index contributed by atoms with van der Waals surface area (Å²) in [4.78, 5) is 23.9. The standard InChI is InChI=1S/C17H21NO3/c1-12(2)17(20)21-15-11-7-6-10-14(15)18-16(19)13-8-4-3-5-9-13/h6-7,10-11,13H,1,3-5,8-9H2,2H3,(H,18,19). The molecule has 1 aliphatic rings. The van der Waals surface area contributed by atoms with E-state index in [1.807, 2.05) is 0 Å². The van der Waals surface area contributed by atoms with Crippen LogP contribution in [0.2, 0.25) is 0 Å². The zero-order valence-corrected chi connectivity index (χ0v) is 12.4. The average Bonchev–Trinajstić information content (AvgIpc) is 2.50. The Balaban J connectivity index is 2.07. The highest BCUT2D eigenvalue weighted by Crippen LogP contribution is 2.28. The van der Waals surface area contributed by atoms with Gasteiger partial charge in [-0.2, -0.15) is 0 Å². The fourth-order valence-electron chi connectivity index (χ4n) is 2.45. The maximum Gasteiger partial charge on any atom is 0.338 e. The van der Waals surface area contributed by atoms with Gasteiger partial charge in [-0.3, -0.25) is 4.79 Å². The summed E-state index contributed by atoms with van der Waals surface area (Å²) in [5, 5.41) is 2.88. The summed E-state index contributed by atoms with van der Waals surface area (Å²) in [6.45, 7) is 5.14. The van der Waals surface area contributed by atoms with E-state index in [0.29, 0.717) is 17.0 Å². The molecule has 0 aliphatic heterocycles. The van der Waals surface area contributed by atoms with E-state index < -0.39 is 5.97 Å². The number of ether oxygens (including phenoxy) is 1. The lowest BCUT2D eigenvalue weighted by Gasteiger charge is -2.21. The number of carbonyl (C=O) groups excluding carboxylic acids is 2. The molecule has 0 bridgehead atoms. The molecular formula is C17H21NO3. The van der Waals surface area contributed by atoms with E-state index in [0.717, 1.165) is 25.7 Å². The number of benzene rings is 1. The van der Waals surface area contributed by atoms with Crippen LogP contribution in [0, 0.1) is 5.92 Å². The Hall–Kier alpha value is -2.10. The molecule has 2 rings (SSSR count). The van der Waals surface area contributed by atoms with Gasteiger partial charge in [0, 0.05) is 11.5 Å². The largest absolute Gasteiger partial charge is 0.421 e. The number of para-hydroxylation sites is 2. The predicted molar refractivity (Wildman–Crippen MR) is 82.1 cm³/mol. The first-order valence-corrected chi connectivity index (χ1v) is 7.35. The van der Waals surface area contributed by atoms with E-state index in [1.165, 1.54) is 6.42 Å². The third kappa shape index (κ3) is 4.18. The molecule has 0 spiro atoms. The lowest BCUT2D eigenvalue weighted by Crippen LogP contribution is -2.25. The second-order valence-corrected chi connectivity index (χ2v) is 5.49. The van der Waals surface area contributed by atoms with Gasteiger partial charge in [-0.05, 0) is 31.9 Å². The van der Waals surface area contributed by atoms with Crippen molar-refractivity contribution < 1.29 is 14.3 Å². The quantitative estimate of drug-likeness (QED) is 0.522. The number of hydrogen-bond donors (Lipinski definition) is 1. The van der Waals surface area contributed by atoms with Crippen molar-refractivity contribution in [1.29, 1.82) is 0 Å². The summed E-state index contributed by atoms with van der Waals surface area (Å²) < 4.78 is 5.24. The molecule has 0 saturated heterocycles. The first kappa shape index (κ1) is 15.3. The molecule has 1 fully saturated rings. The topological polar surface area (TPSA) is 55.4 Å². The van der Waals surface area contributed by atoms with E-state index in [9.17, 15) is 9.59 Å². The molecule has 1 aliphatic carbocycles. The minimum absolute atomic E-state index is 0.00789. The molecule has 0 heterocycles. The summed E-state index contributed by atoms with van der Waals surface area (Å²) in [6.07, 6.45) is 5.27. The van der Waals surface area contributed by atoms with E-state index in [4.69, 9.17) is 4.74 Å². The van der Waals surface area contributed by atoms with E-state index in [-0.39, 0.29) is 11.8 Å². The number of rotatable bonds is 4. The van der Waals surface area contributed by atoms with Crippen LogP contribution in [0.25, 0.3) is 0 Å². The van der Waals surface area contributed by atoms with Crippen molar-refractivity contribution in [3.8, 4) is 5.75 Å². The zero-order valence-electron chi connectivity index (χ0n) is 12.4. The van der Waals surface area contributed by atoms with Gasteiger partial charge in [0.05, 0.1) is 5.69 Å².